The number of alkyl halides is 3. The first-order chi connectivity index (χ1) is 8.36. The molecule has 0 aliphatic rings. The fourth-order valence-electron chi connectivity index (χ4n) is 1.43. The molecule has 1 N–H and O–H groups in total. The Morgan fingerprint density at radius 1 is 1.56 bits per heavy atom. The molecule has 0 atom stereocenters. The maximum absolute atomic E-state index is 12.9. The minimum absolute atomic E-state index is 0.0809. The fourth-order valence-corrected chi connectivity index (χ4v) is 1.53. The smallest absolute Gasteiger partial charge is 0.364 e. The van der Waals surface area contributed by atoms with Crippen LogP contribution in [0.1, 0.15) is 28.2 Å². The highest BCUT2D eigenvalue weighted by molar-refractivity contribution is 6.21. The van der Waals surface area contributed by atoms with Crippen LogP contribution >= 0.6 is 11.6 Å². The normalized spacial score (nSPS) is 11.6. The van der Waals surface area contributed by atoms with Gasteiger partial charge in [0.05, 0.1) is 11.3 Å². The summed E-state index contributed by atoms with van der Waals surface area (Å²) in [5, 5.41) is 5.32. The molecule has 0 amide bonds. The summed E-state index contributed by atoms with van der Waals surface area (Å²) >= 11 is 4.86. The monoisotopic (exact) mass is 279 g/mol. The van der Waals surface area contributed by atoms with Gasteiger partial charge in [0.25, 0.3) is 0 Å². The van der Waals surface area contributed by atoms with E-state index in [4.69, 9.17) is 21.4 Å². The van der Waals surface area contributed by atoms with Crippen LogP contribution in [0.15, 0.2) is 12.1 Å². The molecule has 0 fully saturated rings. The largest absolute Gasteiger partial charge is 0.478 e. The molecule has 0 radical (unpaired) electrons. The summed E-state index contributed by atoms with van der Waals surface area (Å²) in [5.41, 5.74) is -0.672. The summed E-state index contributed by atoms with van der Waals surface area (Å²) in [6.07, 6.45) is 0.720. The Balaban J connectivity index is 3.04. The molecule has 1 heterocycles. The van der Waals surface area contributed by atoms with Gasteiger partial charge in [-0.2, -0.15) is 8.78 Å². The molecular weight excluding hydrogens is 268 g/mol. The lowest BCUT2D eigenvalue weighted by Crippen LogP contribution is -2.13. The van der Waals surface area contributed by atoms with Gasteiger partial charge in [0.1, 0.15) is 5.69 Å². The Hall–Kier alpha value is -1.27. The summed E-state index contributed by atoms with van der Waals surface area (Å²) in [6.45, 7) is 0.391. The minimum Gasteiger partial charge on any atom is -0.478 e. The first-order valence-electron chi connectivity index (χ1n) is 5.15. The SMILES string of the molecule is COCCCc1nc(C(F)(F)Cl)ccc1C(=O)O. The van der Waals surface area contributed by atoms with Gasteiger partial charge in [-0.3, -0.25) is 0 Å². The second kappa shape index (κ2) is 6.06. The molecule has 18 heavy (non-hydrogen) atoms. The number of carboxylic acids is 1. The number of halogens is 3. The van der Waals surface area contributed by atoms with E-state index < -0.39 is 17.0 Å². The number of aryl methyl sites for hydroxylation is 1. The van der Waals surface area contributed by atoms with Crippen molar-refractivity contribution in [3.63, 3.8) is 0 Å². The van der Waals surface area contributed by atoms with E-state index in [9.17, 15) is 13.6 Å². The number of nitrogens with zero attached hydrogens (tertiary/aromatic N) is 1. The van der Waals surface area contributed by atoms with Gasteiger partial charge in [-0.1, -0.05) is 0 Å². The Kier molecular flexibility index (Phi) is 4.98. The topological polar surface area (TPSA) is 59.4 Å². The van der Waals surface area contributed by atoms with Crippen LogP contribution in [0.25, 0.3) is 0 Å². The number of ether oxygens (including phenoxy) is 1. The van der Waals surface area contributed by atoms with Crippen molar-refractivity contribution in [1.82, 2.24) is 4.98 Å². The first-order valence-corrected chi connectivity index (χ1v) is 5.53. The molecule has 1 aromatic rings. The number of aromatic carboxylic acids is 1. The van der Waals surface area contributed by atoms with Crippen molar-refractivity contribution in [1.29, 1.82) is 0 Å². The lowest BCUT2D eigenvalue weighted by atomic mass is 10.1. The number of rotatable bonds is 6. The molecule has 0 bridgehead atoms. The standard InChI is InChI=1S/C11H12ClF2NO3/c1-18-6-2-3-8-7(10(16)17)4-5-9(15-8)11(12,13)14/h4-5H,2-3,6H2,1H3,(H,16,17). The van der Waals surface area contributed by atoms with Gasteiger partial charge >= 0.3 is 11.4 Å². The van der Waals surface area contributed by atoms with Crippen molar-refractivity contribution in [2.75, 3.05) is 13.7 Å². The van der Waals surface area contributed by atoms with E-state index in [0.29, 0.717) is 13.0 Å². The highest BCUT2D eigenvalue weighted by atomic mass is 35.5. The number of methoxy groups -OCH3 is 1. The van der Waals surface area contributed by atoms with Crippen LogP contribution in [0, 0.1) is 0 Å². The third-order valence-electron chi connectivity index (χ3n) is 2.26. The molecule has 0 unspecified atom stereocenters. The van der Waals surface area contributed by atoms with Crippen LogP contribution in [-0.4, -0.2) is 29.8 Å². The second-order valence-corrected chi connectivity index (χ2v) is 4.06. The Morgan fingerprint density at radius 3 is 2.72 bits per heavy atom. The van der Waals surface area contributed by atoms with Gasteiger partial charge in [0.15, 0.2) is 0 Å². The van der Waals surface area contributed by atoms with E-state index in [1.165, 1.54) is 7.11 Å². The average Bonchev–Trinajstić information content (AvgIpc) is 2.27. The summed E-state index contributed by atoms with van der Waals surface area (Å²) < 4.78 is 30.6. The van der Waals surface area contributed by atoms with E-state index in [-0.39, 0.29) is 17.7 Å². The maximum atomic E-state index is 12.9. The molecule has 0 aromatic carbocycles. The van der Waals surface area contributed by atoms with Gasteiger partial charge in [0.2, 0.25) is 0 Å². The Labute approximate surface area is 108 Å². The zero-order chi connectivity index (χ0) is 13.8. The zero-order valence-electron chi connectivity index (χ0n) is 9.62. The van der Waals surface area contributed by atoms with Gasteiger partial charge in [-0.15, -0.1) is 0 Å². The third kappa shape index (κ3) is 3.89. The zero-order valence-corrected chi connectivity index (χ0v) is 10.4. The summed E-state index contributed by atoms with van der Waals surface area (Å²) in [7, 11) is 1.49. The van der Waals surface area contributed by atoms with E-state index in [2.05, 4.69) is 4.98 Å². The van der Waals surface area contributed by atoms with E-state index >= 15 is 0 Å². The molecule has 4 nitrogen and oxygen atoms in total. The lowest BCUT2D eigenvalue weighted by molar-refractivity contribution is 0.0691. The lowest BCUT2D eigenvalue weighted by Gasteiger charge is -2.11. The average molecular weight is 280 g/mol. The van der Waals surface area contributed by atoms with Crippen molar-refractivity contribution >= 4 is 17.6 Å². The predicted molar refractivity (Wildman–Crippen MR) is 61.1 cm³/mol. The predicted octanol–water partition coefficient (Wildman–Crippen LogP) is 2.65. The molecule has 100 valence electrons. The number of carbonyl (C=O) groups is 1. The van der Waals surface area contributed by atoms with Gasteiger partial charge in [-0.25, -0.2) is 9.78 Å². The molecule has 7 heteroatoms. The van der Waals surface area contributed by atoms with Crippen LogP contribution in [0.3, 0.4) is 0 Å². The highest BCUT2D eigenvalue weighted by Crippen LogP contribution is 2.31. The van der Waals surface area contributed by atoms with Crippen molar-refractivity contribution in [3.05, 3.63) is 29.1 Å². The van der Waals surface area contributed by atoms with E-state index in [1.807, 2.05) is 0 Å². The van der Waals surface area contributed by atoms with Crippen molar-refractivity contribution < 1.29 is 23.4 Å². The van der Waals surface area contributed by atoms with E-state index in [1.54, 1.807) is 0 Å². The van der Waals surface area contributed by atoms with Crippen molar-refractivity contribution in [2.45, 2.75) is 18.2 Å². The number of aromatic nitrogens is 1. The quantitative estimate of drug-likeness (QED) is 0.642. The molecule has 0 saturated carbocycles. The van der Waals surface area contributed by atoms with Crippen molar-refractivity contribution in [3.8, 4) is 0 Å². The number of hydrogen-bond donors (Lipinski definition) is 1. The van der Waals surface area contributed by atoms with Crippen LogP contribution < -0.4 is 0 Å². The van der Waals surface area contributed by atoms with Gasteiger partial charge in [-0.05, 0) is 36.6 Å². The minimum atomic E-state index is -3.60. The number of pyridine rings is 1. The highest BCUT2D eigenvalue weighted by Gasteiger charge is 2.30. The Bertz CT molecular complexity index is 435. The molecule has 0 aliphatic heterocycles. The van der Waals surface area contributed by atoms with Gasteiger partial charge in [0, 0.05) is 13.7 Å². The molecule has 0 aliphatic carbocycles. The number of hydrogen-bond acceptors (Lipinski definition) is 3. The second-order valence-electron chi connectivity index (χ2n) is 3.59. The molecular formula is C11H12ClF2NO3. The van der Waals surface area contributed by atoms with Crippen LogP contribution in [0.2, 0.25) is 0 Å². The molecule has 1 aromatic heterocycles. The summed E-state index contributed by atoms with van der Waals surface area (Å²) in [5.74, 6) is -1.21. The maximum Gasteiger partial charge on any atom is 0.364 e. The van der Waals surface area contributed by atoms with Crippen LogP contribution in [0.4, 0.5) is 8.78 Å². The molecule has 1 rings (SSSR count). The van der Waals surface area contributed by atoms with Crippen LogP contribution in [-0.2, 0) is 16.5 Å². The molecule has 0 saturated heterocycles. The van der Waals surface area contributed by atoms with Gasteiger partial charge < -0.3 is 9.84 Å². The summed E-state index contributed by atoms with van der Waals surface area (Å²) in [6, 6.07) is 2.00. The fraction of sp³-hybridized carbons (Fsp3) is 0.455. The van der Waals surface area contributed by atoms with Crippen molar-refractivity contribution in [2.24, 2.45) is 0 Å². The first kappa shape index (κ1) is 14.8. The summed E-state index contributed by atoms with van der Waals surface area (Å²) in [4.78, 5) is 14.5. The van der Waals surface area contributed by atoms with Crippen LogP contribution in [0.5, 0.6) is 0 Å². The number of carboxylic acid groups (broad SMARTS) is 1. The Morgan fingerprint density at radius 2 is 2.22 bits per heavy atom. The van der Waals surface area contributed by atoms with E-state index in [0.717, 1.165) is 12.1 Å². The third-order valence-corrected chi connectivity index (χ3v) is 2.45. The molecule has 0 spiro atoms.